The molecule has 2 aliphatic rings. The van der Waals surface area contributed by atoms with Crippen molar-refractivity contribution in [3.8, 4) is 11.5 Å². The van der Waals surface area contributed by atoms with Gasteiger partial charge in [-0.2, -0.15) is 0 Å². The number of aromatic amines is 1. The number of aliphatic hydroxyl groups excluding tert-OH is 1. The van der Waals surface area contributed by atoms with Crippen LogP contribution in [0.3, 0.4) is 0 Å². The predicted molar refractivity (Wildman–Crippen MR) is 208 cm³/mol. The number of fused-ring (bicyclic) bond motifs is 1. The Hall–Kier alpha value is -4.71. The SMILES string of the molecule is NC[C@H](OC(=O)C1(c2ccccc2)CCN(C(=O)Cc2ccc(OCCCCNC[C@H](O)c3ccc(O)c4[nH]c(=O)ccc34)cc2)CC1)C1CCCCC1. The first-order valence-electron chi connectivity index (χ1n) is 19.5. The van der Waals surface area contributed by atoms with Crippen LogP contribution in [0.5, 0.6) is 11.5 Å². The second kappa shape index (κ2) is 18.6. The van der Waals surface area contributed by atoms with Crippen molar-refractivity contribution in [3.05, 3.63) is 106 Å². The number of aromatic hydroxyl groups is 1. The molecule has 1 amide bonds. The number of carbonyl (C=O) groups is 2. The number of aromatic nitrogens is 1. The largest absolute Gasteiger partial charge is 0.506 e. The summed E-state index contributed by atoms with van der Waals surface area (Å²) in [4.78, 5) is 43.5. The second-order valence-corrected chi connectivity index (χ2v) is 14.8. The van der Waals surface area contributed by atoms with Crippen molar-refractivity contribution in [1.29, 1.82) is 0 Å². The first-order valence-corrected chi connectivity index (χ1v) is 19.5. The number of aliphatic hydroxyl groups is 1. The Morgan fingerprint density at radius 1 is 0.944 bits per heavy atom. The van der Waals surface area contributed by atoms with Gasteiger partial charge in [0.15, 0.2) is 0 Å². The number of H-pyrrole nitrogens is 1. The van der Waals surface area contributed by atoms with Crippen LogP contribution >= 0.6 is 0 Å². The van der Waals surface area contributed by atoms with E-state index in [-0.39, 0.29) is 35.7 Å². The van der Waals surface area contributed by atoms with Crippen LogP contribution in [0.4, 0.5) is 0 Å². The van der Waals surface area contributed by atoms with Gasteiger partial charge in [0.1, 0.15) is 17.6 Å². The Morgan fingerprint density at radius 2 is 1.69 bits per heavy atom. The summed E-state index contributed by atoms with van der Waals surface area (Å²) in [7, 11) is 0. The maximum absolute atomic E-state index is 14.0. The number of piperidine rings is 1. The number of amides is 1. The summed E-state index contributed by atoms with van der Waals surface area (Å²) in [6.45, 7) is 2.83. The summed E-state index contributed by atoms with van der Waals surface area (Å²) in [5.74, 6) is 0.828. The number of benzene rings is 3. The molecule has 0 radical (unpaired) electrons. The highest BCUT2D eigenvalue weighted by atomic mass is 16.5. The Balaban J connectivity index is 0.924. The van der Waals surface area contributed by atoms with Crippen LogP contribution in [0.2, 0.25) is 0 Å². The number of unbranched alkanes of at least 4 members (excludes halogenated alkanes) is 1. The molecule has 1 aromatic heterocycles. The average molecular weight is 739 g/mol. The van der Waals surface area contributed by atoms with Gasteiger partial charge < -0.3 is 40.6 Å². The van der Waals surface area contributed by atoms with E-state index in [2.05, 4.69) is 10.3 Å². The third-order valence-corrected chi connectivity index (χ3v) is 11.3. The molecule has 2 heterocycles. The minimum atomic E-state index is -0.803. The van der Waals surface area contributed by atoms with Crippen molar-refractivity contribution in [2.75, 3.05) is 39.3 Å². The van der Waals surface area contributed by atoms with Crippen LogP contribution in [-0.4, -0.2) is 77.4 Å². The van der Waals surface area contributed by atoms with Crippen molar-refractivity contribution in [2.24, 2.45) is 11.7 Å². The molecule has 11 nitrogen and oxygen atoms in total. The molecule has 288 valence electrons. The van der Waals surface area contributed by atoms with Crippen LogP contribution < -0.4 is 21.3 Å². The van der Waals surface area contributed by atoms with Crippen molar-refractivity contribution in [3.63, 3.8) is 0 Å². The number of esters is 1. The van der Waals surface area contributed by atoms with Crippen LogP contribution in [0.15, 0.2) is 83.7 Å². The van der Waals surface area contributed by atoms with Gasteiger partial charge in [0.25, 0.3) is 0 Å². The van der Waals surface area contributed by atoms with E-state index in [0.717, 1.165) is 55.4 Å². The van der Waals surface area contributed by atoms with Gasteiger partial charge in [-0.05, 0) is 91.9 Å². The topological polar surface area (TPSA) is 167 Å². The molecular formula is C43H54N4O7. The lowest BCUT2D eigenvalue weighted by Gasteiger charge is -2.41. The first kappa shape index (κ1) is 39.0. The minimum Gasteiger partial charge on any atom is -0.506 e. The fourth-order valence-electron chi connectivity index (χ4n) is 8.03. The van der Waals surface area contributed by atoms with Gasteiger partial charge in [-0.25, -0.2) is 0 Å². The van der Waals surface area contributed by atoms with E-state index in [4.69, 9.17) is 15.2 Å². The zero-order valence-electron chi connectivity index (χ0n) is 31.0. The molecular weight excluding hydrogens is 684 g/mol. The summed E-state index contributed by atoms with van der Waals surface area (Å²) in [6, 6.07) is 23.6. The smallest absolute Gasteiger partial charge is 0.317 e. The first-order chi connectivity index (χ1) is 26.3. The number of likely N-dealkylation sites (tertiary alicyclic amines) is 1. The molecule has 1 aliphatic heterocycles. The number of carbonyl (C=O) groups excluding carboxylic acids is 2. The summed E-state index contributed by atoms with van der Waals surface area (Å²) in [5, 5.41) is 24.7. The number of hydrogen-bond donors (Lipinski definition) is 5. The fraction of sp³-hybridized carbons (Fsp3) is 0.465. The molecule has 2 atom stereocenters. The van der Waals surface area contributed by atoms with Gasteiger partial charge in [0.2, 0.25) is 11.5 Å². The monoisotopic (exact) mass is 738 g/mol. The van der Waals surface area contributed by atoms with Gasteiger partial charge in [0, 0.05) is 37.6 Å². The van der Waals surface area contributed by atoms with E-state index in [9.17, 15) is 24.6 Å². The molecule has 11 heteroatoms. The predicted octanol–water partition coefficient (Wildman–Crippen LogP) is 5.27. The summed E-state index contributed by atoms with van der Waals surface area (Å²) >= 11 is 0. The average Bonchev–Trinajstić information content (AvgIpc) is 3.21. The quantitative estimate of drug-likeness (QED) is 0.0761. The number of ether oxygens (including phenoxy) is 2. The number of nitrogens with zero attached hydrogens (tertiary/aromatic N) is 1. The highest BCUT2D eigenvalue weighted by molar-refractivity contribution is 5.87. The summed E-state index contributed by atoms with van der Waals surface area (Å²) in [6.07, 6.45) is 7.48. The minimum absolute atomic E-state index is 0.0342. The molecule has 0 spiro atoms. The summed E-state index contributed by atoms with van der Waals surface area (Å²) < 4.78 is 12.2. The number of phenols is 1. The molecule has 0 bridgehead atoms. The number of phenolic OH excluding ortho intramolecular Hbond substituents is 1. The fourth-order valence-corrected chi connectivity index (χ4v) is 8.03. The van der Waals surface area contributed by atoms with E-state index >= 15 is 0 Å². The number of nitrogens with two attached hydrogens (primary N) is 1. The van der Waals surface area contributed by atoms with Gasteiger partial charge in [-0.15, -0.1) is 0 Å². The van der Waals surface area contributed by atoms with Crippen LogP contribution in [-0.2, 0) is 26.2 Å². The standard InChI is InChI=1S/C43H54N4O7/c44-28-38(31-9-3-1-4-10-31)54-42(52)43(32-11-5-2-6-12-32)21-24-47(25-22-43)40(51)27-30-13-15-33(16-14-30)53-26-8-7-23-45-29-37(49)34-17-19-36(48)41-35(34)18-20-39(50)46-41/h2,5-6,11-20,31,37-38,45,48-49H,1,3-4,7-10,21-29,44H2,(H,46,50)/t37-,38-/m0/s1. The highest BCUT2D eigenvalue weighted by Gasteiger charge is 2.46. The van der Waals surface area contributed by atoms with Crippen molar-refractivity contribution >= 4 is 22.8 Å². The molecule has 2 fully saturated rings. The van der Waals surface area contributed by atoms with Gasteiger partial charge in [-0.1, -0.05) is 67.8 Å². The zero-order valence-corrected chi connectivity index (χ0v) is 31.0. The number of hydrogen-bond acceptors (Lipinski definition) is 9. The lowest BCUT2D eigenvalue weighted by atomic mass is 9.72. The molecule has 6 N–H and O–H groups in total. The maximum Gasteiger partial charge on any atom is 0.317 e. The Bertz CT molecular complexity index is 1880. The Kier molecular flexibility index (Phi) is 13.4. The molecule has 6 rings (SSSR count). The van der Waals surface area contributed by atoms with Gasteiger partial charge >= 0.3 is 5.97 Å². The molecule has 0 unspecified atom stereocenters. The molecule has 54 heavy (non-hydrogen) atoms. The number of pyridine rings is 1. The van der Waals surface area contributed by atoms with E-state index < -0.39 is 11.5 Å². The van der Waals surface area contributed by atoms with Crippen LogP contribution in [0, 0.1) is 5.92 Å². The normalized spacial score (nSPS) is 17.2. The third-order valence-electron chi connectivity index (χ3n) is 11.3. The van der Waals surface area contributed by atoms with Crippen molar-refractivity contribution in [2.45, 2.75) is 81.8 Å². The number of nitrogens with one attached hydrogen (secondary N) is 2. The molecule has 3 aromatic carbocycles. The van der Waals surface area contributed by atoms with E-state index in [1.54, 1.807) is 12.1 Å². The lowest BCUT2D eigenvalue weighted by Crippen LogP contribution is -2.51. The zero-order chi connectivity index (χ0) is 37.9. The third kappa shape index (κ3) is 9.50. The molecule has 4 aromatic rings. The Labute approximate surface area is 316 Å². The highest BCUT2D eigenvalue weighted by Crippen LogP contribution is 2.39. The summed E-state index contributed by atoms with van der Waals surface area (Å²) in [5.41, 5.74) is 7.80. The van der Waals surface area contributed by atoms with Crippen LogP contribution in [0.1, 0.15) is 80.6 Å². The van der Waals surface area contributed by atoms with Crippen molar-refractivity contribution in [1.82, 2.24) is 15.2 Å². The van der Waals surface area contributed by atoms with Crippen LogP contribution in [0.25, 0.3) is 10.9 Å². The second-order valence-electron chi connectivity index (χ2n) is 14.8. The Morgan fingerprint density at radius 3 is 2.41 bits per heavy atom. The van der Waals surface area contributed by atoms with E-state index in [0.29, 0.717) is 74.6 Å². The lowest BCUT2D eigenvalue weighted by molar-refractivity contribution is -0.162. The van der Waals surface area contributed by atoms with Gasteiger partial charge in [-0.3, -0.25) is 14.4 Å². The van der Waals surface area contributed by atoms with Crippen molar-refractivity contribution < 1.29 is 29.3 Å². The van der Waals surface area contributed by atoms with E-state index in [1.165, 1.54) is 18.6 Å². The van der Waals surface area contributed by atoms with Gasteiger partial charge in [0.05, 0.1) is 30.1 Å². The molecule has 1 aliphatic carbocycles. The van der Waals surface area contributed by atoms with E-state index in [1.807, 2.05) is 59.5 Å². The maximum atomic E-state index is 14.0. The molecule has 1 saturated heterocycles. The molecule has 1 saturated carbocycles. The number of rotatable bonds is 16.